The number of hydrogen-bond acceptors (Lipinski definition) is 4. The van der Waals surface area contributed by atoms with E-state index in [0.717, 1.165) is 28.4 Å². The van der Waals surface area contributed by atoms with Gasteiger partial charge in [-0.1, -0.05) is 6.92 Å². The number of Topliss-reactive ketones (excluding diaryl/α,β-unsaturated/α-hetero) is 1. The molecule has 1 unspecified atom stereocenters. The van der Waals surface area contributed by atoms with Crippen molar-refractivity contribution in [2.45, 2.75) is 32.1 Å². The third kappa shape index (κ3) is 2.11. The Morgan fingerprint density at radius 2 is 2.33 bits per heavy atom. The Balaban J connectivity index is 2.25. The number of rotatable bonds is 3. The lowest BCUT2D eigenvalue weighted by Gasteiger charge is -2.06. The van der Waals surface area contributed by atoms with Crippen molar-refractivity contribution in [3.63, 3.8) is 0 Å². The molecular weight excluding hydrogens is 210 g/mol. The maximum Gasteiger partial charge on any atom is 0.174 e. The Morgan fingerprint density at radius 3 is 3.00 bits per heavy atom. The van der Waals surface area contributed by atoms with E-state index >= 15 is 0 Å². The molecule has 1 aromatic rings. The molecule has 1 aliphatic carbocycles. The molecule has 0 saturated carbocycles. The lowest BCUT2D eigenvalue weighted by atomic mass is 10.0. The molecule has 0 radical (unpaired) electrons. The molecule has 0 fully saturated rings. The first-order chi connectivity index (χ1) is 7.22. The largest absolute Gasteiger partial charge is 0.384 e. The van der Waals surface area contributed by atoms with Gasteiger partial charge >= 0.3 is 0 Å². The van der Waals surface area contributed by atoms with E-state index in [1.165, 1.54) is 0 Å². The first kappa shape index (κ1) is 10.8. The number of carbonyl (C=O) groups excluding carboxylic acids is 1. The van der Waals surface area contributed by atoms with Crippen molar-refractivity contribution >= 4 is 17.1 Å². The van der Waals surface area contributed by atoms with Crippen LogP contribution >= 0.6 is 11.3 Å². The Morgan fingerprint density at radius 1 is 1.53 bits per heavy atom. The molecule has 1 aromatic heterocycles. The number of thiazole rings is 1. The standard InChI is InChI=1S/C11H15NO2S/c1-7(6-14-2)11-12-8-4-3-5-9(13)10(8)15-11/h7H,3-6H2,1-2H3. The van der Waals surface area contributed by atoms with Crippen LogP contribution in [0.3, 0.4) is 0 Å². The highest BCUT2D eigenvalue weighted by molar-refractivity contribution is 7.14. The number of hydrogen-bond donors (Lipinski definition) is 0. The molecular formula is C11H15NO2S. The van der Waals surface area contributed by atoms with E-state index in [-0.39, 0.29) is 5.78 Å². The van der Waals surface area contributed by atoms with Gasteiger partial charge in [-0.15, -0.1) is 11.3 Å². The summed E-state index contributed by atoms with van der Waals surface area (Å²) >= 11 is 1.55. The maximum absolute atomic E-state index is 11.6. The van der Waals surface area contributed by atoms with Crippen LogP contribution in [0.4, 0.5) is 0 Å². The van der Waals surface area contributed by atoms with Crippen molar-refractivity contribution in [1.29, 1.82) is 0 Å². The normalized spacial score (nSPS) is 17.6. The Bertz CT molecular complexity index is 373. The fraction of sp³-hybridized carbons (Fsp3) is 0.636. The highest BCUT2D eigenvalue weighted by Crippen LogP contribution is 2.30. The number of ketones is 1. The molecule has 0 saturated heterocycles. The van der Waals surface area contributed by atoms with E-state index < -0.39 is 0 Å². The van der Waals surface area contributed by atoms with Gasteiger partial charge in [0.05, 0.1) is 22.2 Å². The summed E-state index contributed by atoms with van der Waals surface area (Å²) in [6.45, 7) is 2.75. The molecule has 1 aliphatic rings. The summed E-state index contributed by atoms with van der Waals surface area (Å²) in [5.74, 6) is 0.558. The fourth-order valence-electron chi connectivity index (χ4n) is 1.82. The summed E-state index contributed by atoms with van der Waals surface area (Å²) in [7, 11) is 1.69. The van der Waals surface area contributed by atoms with Gasteiger partial charge < -0.3 is 4.74 Å². The van der Waals surface area contributed by atoms with Crippen LogP contribution in [0, 0.1) is 0 Å². The van der Waals surface area contributed by atoms with Gasteiger partial charge in [0.2, 0.25) is 0 Å². The molecule has 0 aliphatic heterocycles. The van der Waals surface area contributed by atoms with Crippen LogP contribution in [0.2, 0.25) is 0 Å². The Labute approximate surface area is 93.5 Å². The second kappa shape index (κ2) is 4.41. The molecule has 1 atom stereocenters. The average Bonchev–Trinajstić information content (AvgIpc) is 2.63. The third-order valence-corrected chi connectivity index (χ3v) is 3.99. The van der Waals surface area contributed by atoms with E-state index in [2.05, 4.69) is 11.9 Å². The fourth-order valence-corrected chi connectivity index (χ4v) is 2.93. The van der Waals surface area contributed by atoms with Gasteiger partial charge in [-0.25, -0.2) is 4.98 Å². The molecule has 3 nitrogen and oxygen atoms in total. The third-order valence-electron chi connectivity index (χ3n) is 2.62. The lowest BCUT2D eigenvalue weighted by Crippen LogP contribution is -2.07. The van der Waals surface area contributed by atoms with Crippen LogP contribution in [0.1, 0.15) is 46.1 Å². The molecule has 82 valence electrons. The summed E-state index contributed by atoms with van der Waals surface area (Å²) in [4.78, 5) is 17.0. The summed E-state index contributed by atoms with van der Waals surface area (Å²) in [5.41, 5.74) is 1.01. The first-order valence-corrected chi connectivity index (χ1v) is 6.05. The van der Waals surface area contributed by atoms with Gasteiger partial charge in [-0.05, 0) is 12.8 Å². The smallest absolute Gasteiger partial charge is 0.174 e. The minimum absolute atomic E-state index is 0.268. The van der Waals surface area contributed by atoms with Crippen LogP contribution < -0.4 is 0 Å². The number of fused-ring (bicyclic) bond motifs is 1. The zero-order chi connectivity index (χ0) is 10.8. The molecule has 0 amide bonds. The number of nitrogens with zero attached hydrogens (tertiary/aromatic N) is 1. The summed E-state index contributed by atoms with van der Waals surface area (Å²) in [6.07, 6.45) is 2.60. The molecule has 2 rings (SSSR count). The van der Waals surface area contributed by atoms with E-state index in [9.17, 15) is 4.79 Å². The van der Waals surface area contributed by atoms with E-state index in [1.807, 2.05) is 0 Å². The quantitative estimate of drug-likeness (QED) is 0.793. The maximum atomic E-state index is 11.6. The number of aryl methyl sites for hydroxylation is 1. The van der Waals surface area contributed by atoms with Gasteiger partial charge in [0.25, 0.3) is 0 Å². The van der Waals surface area contributed by atoms with Crippen molar-refractivity contribution in [3.8, 4) is 0 Å². The van der Waals surface area contributed by atoms with Crippen molar-refractivity contribution < 1.29 is 9.53 Å². The van der Waals surface area contributed by atoms with Gasteiger partial charge in [0.15, 0.2) is 5.78 Å². The molecule has 0 bridgehead atoms. The van der Waals surface area contributed by atoms with Crippen LogP contribution in [-0.2, 0) is 11.2 Å². The molecule has 0 spiro atoms. The van der Waals surface area contributed by atoms with Gasteiger partial charge in [-0.3, -0.25) is 4.79 Å². The van der Waals surface area contributed by atoms with Crippen LogP contribution in [0.5, 0.6) is 0 Å². The van der Waals surface area contributed by atoms with Gasteiger partial charge in [-0.2, -0.15) is 0 Å². The zero-order valence-corrected chi connectivity index (χ0v) is 9.89. The number of ether oxygens (including phenoxy) is 1. The van der Waals surface area contributed by atoms with Gasteiger partial charge in [0, 0.05) is 19.4 Å². The molecule has 15 heavy (non-hydrogen) atoms. The Kier molecular flexibility index (Phi) is 3.17. The molecule has 4 heteroatoms. The molecule has 0 aromatic carbocycles. The van der Waals surface area contributed by atoms with Crippen molar-refractivity contribution in [2.24, 2.45) is 0 Å². The second-order valence-electron chi connectivity index (χ2n) is 3.96. The monoisotopic (exact) mass is 225 g/mol. The average molecular weight is 225 g/mol. The second-order valence-corrected chi connectivity index (χ2v) is 4.99. The minimum atomic E-state index is 0.268. The van der Waals surface area contributed by atoms with Crippen molar-refractivity contribution in [1.82, 2.24) is 4.98 Å². The topological polar surface area (TPSA) is 39.2 Å². The summed E-state index contributed by atoms with van der Waals surface area (Å²) < 4.78 is 5.10. The highest BCUT2D eigenvalue weighted by atomic mass is 32.1. The highest BCUT2D eigenvalue weighted by Gasteiger charge is 2.23. The SMILES string of the molecule is COCC(C)c1nc2c(s1)C(=O)CCC2. The zero-order valence-electron chi connectivity index (χ0n) is 9.08. The van der Waals surface area contributed by atoms with Crippen LogP contribution in [-0.4, -0.2) is 24.5 Å². The summed E-state index contributed by atoms with van der Waals surface area (Å²) in [5, 5.41) is 1.04. The van der Waals surface area contributed by atoms with Crippen molar-refractivity contribution in [2.75, 3.05) is 13.7 Å². The van der Waals surface area contributed by atoms with E-state index in [4.69, 9.17) is 4.74 Å². The first-order valence-electron chi connectivity index (χ1n) is 5.24. The molecule has 1 heterocycles. The Hall–Kier alpha value is -0.740. The van der Waals surface area contributed by atoms with E-state index in [0.29, 0.717) is 18.9 Å². The van der Waals surface area contributed by atoms with Crippen LogP contribution in [0.15, 0.2) is 0 Å². The number of methoxy groups -OCH3 is 1. The van der Waals surface area contributed by atoms with E-state index in [1.54, 1.807) is 18.4 Å². The molecule has 0 N–H and O–H groups in total. The van der Waals surface area contributed by atoms with Crippen molar-refractivity contribution in [3.05, 3.63) is 15.6 Å². The lowest BCUT2D eigenvalue weighted by molar-refractivity contribution is 0.0976. The number of aromatic nitrogens is 1. The summed E-state index contributed by atoms with van der Waals surface area (Å²) in [6, 6.07) is 0. The van der Waals surface area contributed by atoms with Crippen LogP contribution in [0.25, 0.3) is 0 Å². The number of carbonyl (C=O) groups is 1. The minimum Gasteiger partial charge on any atom is -0.384 e. The van der Waals surface area contributed by atoms with Gasteiger partial charge in [0.1, 0.15) is 0 Å². The predicted octanol–water partition coefficient (Wildman–Crippen LogP) is 2.41. The predicted molar refractivity (Wildman–Crippen MR) is 59.7 cm³/mol.